The molecular formula is C28H50O3. The minimum absolute atomic E-state index is 0.319. The van der Waals surface area contributed by atoms with E-state index in [4.69, 9.17) is 14.2 Å². The third-order valence-electron chi connectivity index (χ3n) is 6.88. The lowest BCUT2D eigenvalue weighted by Crippen LogP contribution is -2.56. The lowest BCUT2D eigenvalue weighted by Gasteiger charge is -2.47. The molecule has 0 aliphatic heterocycles. The molecule has 3 nitrogen and oxygen atoms in total. The van der Waals surface area contributed by atoms with Gasteiger partial charge < -0.3 is 14.2 Å². The Hall–Kier alpha value is -0.900. The monoisotopic (exact) mass is 434 g/mol. The highest BCUT2D eigenvalue weighted by Crippen LogP contribution is 2.47. The predicted molar refractivity (Wildman–Crippen MR) is 132 cm³/mol. The summed E-state index contributed by atoms with van der Waals surface area (Å²) >= 11 is 0. The van der Waals surface area contributed by atoms with Crippen LogP contribution in [0.5, 0.6) is 0 Å². The molecule has 31 heavy (non-hydrogen) atoms. The Bertz CT molecular complexity index is 518. The Balaban J connectivity index is 3.01. The molecule has 0 spiro atoms. The van der Waals surface area contributed by atoms with Crippen LogP contribution in [0.1, 0.15) is 116 Å². The van der Waals surface area contributed by atoms with Crippen LogP contribution in [0.2, 0.25) is 0 Å². The van der Waals surface area contributed by atoms with Crippen molar-refractivity contribution < 1.29 is 14.2 Å². The Labute approximate surface area is 193 Å². The zero-order valence-electron chi connectivity index (χ0n) is 21.2. The second-order valence-electron chi connectivity index (χ2n) is 9.01. The first-order valence-corrected chi connectivity index (χ1v) is 12.9. The van der Waals surface area contributed by atoms with Crippen molar-refractivity contribution in [3.05, 3.63) is 35.9 Å². The van der Waals surface area contributed by atoms with Crippen molar-refractivity contribution in [2.75, 3.05) is 21.3 Å². The van der Waals surface area contributed by atoms with E-state index < -0.39 is 5.97 Å². The molecule has 3 heteroatoms. The highest BCUT2D eigenvalue weighted by Gasteiger charge is 2.54. The van der Waals surface area contributed by atoms with Crippen molar-refractivity contribution in [2.45, 2.75) is 122 Å². The Morgan fingerprint density at radius 2 is 0.935 bits per heavy atom. The molecule has 1 atom stereocenters. The molecule has 180 valence electrons. The SMILES string of the molecule is CCCCCCCCCC(CCCCCCCC)(c1ccccc1)C(OC)(OC)OC. The van der Waals surface area contributed by atoms with Gasteiger partial charge in [-0.1, -0.05) is 128 Å². The summed E-state index contributed by atoms with van der Waals surface area (Å²) < 4.78 is 18.1. The van der Waals surface area contributed by atoms with Crippen LogP contribution in [0, 0.1) is 0 Å². The Kier molecular flexibility index (Phi) is 15.2. The van der Waals surface area contributed by atoms with Crippen molar-refractivity contribution in [3.63, 3.8) is 0 Å². The van der Waals surface area contributed by atoms with Crippen LogP contribution in [-0.2, 0) is 19.6 Å². The van der Waals surface area contributed by atoms with E-state index >= 15 is 0 Å². The molecule has 0 aromatic heterocycles. The van der Waals surface area contributed by atoms with Gasteiger partial charge in [0.25, 0.3) is 5.97 Å². The largest absolute Gasteiger partial charge is 0.330 e. The van der Waals surface area contributed by atoms with Gasteiger partial charge in [-0.15, -0.1) is 0 Å². The van der Waals surface area contributed by atoms with Crippen LogP contribution >= 0.6 is 0 Å². The molecule has 1 unspecified atom stereocenters. The average Bonchev–Trinajstić information content (AvgIpc) is 2.82. The molecule has 0 saturated heterocycles. The summed E-state index contributed by atoms with van der Waals surface area (Å²) in [7, 11) is 5.16. The number of methoxy groups -OCH3 is 3. The molecule has 0 bridgehead atoms. The lowest BCUT2D eigenvalue weighted by molar-refractivity contribution is -0.390. The fourth-order valence-electron chi connectivity index (χ4n) is 5.08. The summed E-state index contributed by atoms with van der Waals surface area (Å²) in [5, 5.41) is 0. The quantitative estimate of drug-likeness (QED) is 0.152. The van der Waals surface area contributed by atoms with Crippen LogP contribution in [0.15, 0.2) is 30.3 Å². The highest BCUT2D eigenvalue weighted by atomic mass is 16.9. The van der Waals surface area contributed by atoms with Crippen LogP contribution in [0.4, 0.5) is 0 Å². The number of hydrogen-bond donors (Lipinski definition) is 0. The molecule has 0 radical (unpaired) electrons. The van der Waals surface area contributed by atoms with Crippen molar-refractivity contribution in [1.82, 2.24) is 0 Å². The standard InChI is InChI=1S/C28H50O3/c1-6-8-10-12-14-16-21-25-27(26-22-18-17-19-23-26,28(29-3,30-4)31-5)24-20-15-13-11-9-7-2/h17-19,22-23H,6-16,20-21,24-25H2,1-5H3. The molecule has 0 fully saturated rings. The molecule has 1 aromatic rings. The van der Waals surface area contributed by atoms with E-state index in [1.807, 2.05) is 0 Å². The van der Waals surface area contributed by atoms with E-state index in [0.717, 1.165) is 25.7 Å². The molecule has 0 amide bonds. The molecule has 0 saturated carbocycles. The number of unbranched alkanes of at least 4 members (excludes halogenated alkanes) is 11. The summed E-state index contributed by atoms with van der Waals surface area (Å²) in [6.45, 7) is 4.54. The minimum Gasteiger partial charge on any atom is -0.330 e. The van der Waals surface area contributed by atoms with Crippen LogP contribution in [0.25, 0.3) is 0 Å². The van der Waals surface area contributed by atoms with Gasteiger partial charge in [0.2, 0.25) is 0 Å². The van der Waals surface area contributed by atoms with Gasteiger partial charge in [0, 0.05) is 21.3 Å². The molecule has 1 aromatic carbocycles. The smallest absolute Gasteiger partial charge is 0.292 e. The first-order chi connectivity index (χ1) is 15.2. The summed E-state index contributed by atoms with van der Waals surface area (Å²) in [6, 6.07) is 10.8. The number of hydrogen-bond acceptors (Lipinski definition) is 3. The summed E-state index contributed by atoms with van der Waals surface area (Å²) in [5.41, 5.74) is 0.945. The van der Waals surface area contributed by atoms with Crippen molar-refractivity contribution in [2.24, 2.45) is 0 Å². The molecule has 0 heterocycles. The lowest BCUT2D eigenvalue weighted by atomic mass is 9.70. The van der Waals surface area contributed by atoms with Crippen molar-refractivity contribution >= 4 is 0 Å². The Morgan fingerprint density at radius 3 is 1.32 bits per heavy atom. The molecule has 0 N–H and O–H groups in total. The normalized spacial score (nSPS) is 14.0. The highest BCUT2D eigenvalue weighted by molar-refractivity contribution is 5.28. The first kappa shape index (κ1) is 28.1. The molecule has 1 rings (SSSR count). The van der Waals surface area contributed by atoms with E-state index in [9.17, 15) is 0 Å². The fraction of sp³-hybridized carbons (Fsp3) is 0.786. The second kappa shape index (κ2) is 16.7. The topological polar surface area (TPSA) is 27.7 Å². The van der Waals surface area contributed by atoms with E-state index in [-0.39, 0.29) is 5.41 Å². The van der Waals surface area contributed by atoms with E-state index in [1.54, 1.807) is 21.3 Å². The van der Waals surface area contributed by atoms with Crippen molar-refractivity contribution in [3.8, 4) is 0 Å². The van der Waals surface area contributed by atoms with Crippen LogP contribution in [-0.4, -0.2) is 27.3 Å². The third-order valence-corrected chi connectivity index (χ3v) is 6.88. The second-order valence-corrected chi connectivity index (χ2v) is 9.01. The summed E-state index contributed by atoms with van der Waals surface area (Å²) in [4.78, 5) is 0. The van der Waals surface area contributed by atoms with Gasteiger partial charge in [-0.25, -0.2) is 0 Å². The third kappa shape index (κ3) is 8.51. The maximum Gasteiger partial charge on any atom is 0.292 e. The average molecular weight is 435 g/mol. The van der Waals surface area contributed by atoms with Crippen LogP contribution in [0.3, 0.4) is 0 Å². The number of rotatable bonds is 20. The van der Waals surface area contributed by atoms with Gasteiger partial charge >= 0.3 is 0 Å². The minimum atomic E-state index is -1.07. The summed E-state index contributed by atoms with van der Waals surface area (Å²) in [6.07, 6.45) is 18.7. The van der Waals surface area contributed by atoms with E-state index in [2.05, 4.69) is 44.2 Å². The van der Waals surface area contributed by atoms with Gasteiger partial charge in [-0.2, -0.15) is 0 Å². The maximum atomic E-state index is 6.02. The number of ether oxygens (including phenoxy) is 3. The molecular weight excluding hydrogens is 384 g/mol. The zero-order chi connectivity index (χ0) is 22.8. The van der Waals surface area contributed by atoms with Crippen LogP contribution < -0.4 is 0 Å². The van der Waals surface area contributed by atoms with Gasteiger partial charge in [-0.05, 0) is 18.4 Å². The predicted octanol–water partition coefficient (Wildman–Crippen LogP) is 8.41. The fourth-order valence-corrected chi connectivity index (χ4v) is 5.08. The van der Waals surface area contributed by atoms with E-state index in [1.165, 1.54) is 76.2 Å². The number of benzene rings is 1. The maximum absolute atomic E-state index is 6.02. The van der Waals surface area contributed by atoms with Gasteiger partial charge in [-0.3, -0.25) is 0 Å². The molecule has 0 aliphatic carbocycles. The van der Waals surface area contributed by atoms with E-state index in [0.29, 0.717) is 0 Å². The van der Waals surface area contributed by atoms with Gasteiger partial charge in [0.05, 0.1) is 5.41 Å². The van der Waals surface area contributed by atoms with Gasteiger partial charge in [0.15, 0.2) is 0 Å². The molecule has 0 aliphatic rings. The van der Waals surface area contributed by atoms with Crippen molar-refractivity contribution in [1.29, 1.82) is 0 Å². The Morgan fingerprint density at radius 1 is 0.548 bits per heavy atom. The van der Waals surface area contributed by atoms with Gasteiger partial charge in [0.1, 0.15) is 0 Å². The first-order valence-electron chi connectivity index (χ1n) is 12.9. The summed E-state index contributed by atoms with van der Waals surface area (Å²) in [5.74, 6) is -1.07. The zero-order valence-corrected chi connectivity index (χ0v) is 21.2.